The minimum Gasteiger partial charge on any atom is -0.493 e. The van der Waals surface area contributed by atoms with Crippen LogP contribution in [0.4, 0.5) is 0 Å². The van der Waals surface area contributed by atoms with E-state index in [1.807, 2.05) is 54.6 Å². The maximum Gasteiger partial charge on any atom is 0.251 e. The average Bonchev–Trinajstić information content (AvgIpc) is 3.33. The fraction of sp³-hybridized carbons (Fsp3) is 0.321. The summed E-state index contributed by atoms with van der Waals surface area (Å²) in [6.45, 7) is 4.31. The Morgan fingerprint density at radius 3 is 2.67 bits per heavy atom. The number of carbonyl (C=O) groups excluding carboxylic acids is 1. The quantitative estimate of drug-likeness (QED) is 0.581. The Kier molecular flexibility index (Phi) is 6.58. The van der Waals surface area contributed by atoms with Gasteiger partial charge in [-0.3, -0.25) is 9.69 Å². The second kappa shape index (κ2) is 10.1. The van der Waals surface area contributed by atoms with Crippen LogP contribution in [0.25, 0.3) is 0 Å². The molecular weight excluding hydrogens is 412 g/mol. The molecule has 0 unspecified atom stereocenters. The predicted molar refractivity (Wildman–Crippen MR) is 129 cm³/mol. The third-order valence-corrected chi connectivity index (χ3v) is 6.39. The zero-order valence-corrected chi connectivity index (χ0v) is 18.8. The van der Waals surface area contributed by atoms with Gasteiger partial charge < -0.3 is 14.8 Å². The largest absolute Gasteiger partial charge is 0.493 e. The number of ether oxygens (including phenoxy) is 2. The van der Waals surface area contributed by atoms with Gasteiger partial charge in [0.2, 0.25) is 0 Å². The molecule has 1 saturated heterocycles. The average molecular weight is 443 g/mol. The zero-order valence-electron chi connectivity index (χ0n) is 18.8. The van der Waals surface area contributed by atoms with E-state index in [2.05, 4.69) is 28.4 Å². The molecule has 0 saturated carbocycles. The summed E-state index contributed by atoms with van der Waals surface area (Å²) in [5.74, 6) is 1.72. The molecule has 3 aromatic rings. The van der Waals surface area contributed by atoms with Crippen LogP contribution < -0.4 is 14.8 Å². The van der Waals surface area contributed by atoms with Crippen molar-refractivity contribution < 1.29 is 14.3 Å². The van der Waals surface area contributed by atoms with E-state index < -0.39 is 0 Å². The van der Waals surface area contributed by atoms with Crippen molar-refractivity contribution >= 4 is 5.91 Å². The Bertz CT molecular complexity index is 1090. The summed E-state index contributed by atoms with van der Waals surface area (Å²) < 4.78 is 11.9. The fourth-order valence-electron chi connectivity index (χ4n) is 4.57. The van der Waals surface area contributed by atoms with Crippen LogP contribution in [0.5, 0.6) is 11.5 Å². The Labute approximate surface area is 195 Å². The topological polar surface area (TPSA) is 50.8 Å². The molecule has 0 bridgehead atoms. The summed E-state index contributed by atoms with van der Waals surface area (Å²) in [6, 6.07) is 24.0. The number of nitrogens with one attached hydrogen (secondary N) is 1. The SMILES string of the molecule is O=C(NCc1ccccc1)c1cccc(OC2CCN(Cc3ccc4c(c3)CCO4)CC2)c1. The van der Waals surface area contributed by atoms with Gasteiger partial charge in [-0.15, -0.1) is 0 Å². The van der Waals surface area contributed by atoms with Crippen molar-refractivity contribution in [3.8, 4) is 11.5 Å². The van der Waals surface area contributed by atoms with Crippen molar-refractivity contribution in [1.82, 2.24) is 10.2 Å². The van der Waals surface area contributed by atoms with Crippen molar-refractivity contribution in [3.05, 3.63) is 95.1 Å². The maximum atomic E-state index is 12.6. The third-order valence-electron chi connectivity index (χ3n) is 6.39. The lowest BCUT2D eigenvalue weighted by molar-refractivity contribution is 0.0934. The summed E-state index contributed by atoms with van der Waals surface area (Å²) in [5.41, 5.74) is 4.39. The van der Waals surface area contributed by atoms with Crippen molar-refractivity contribution in [3.63, 3.8) is 0 Å². The Morgan fingerprint density at radius 1 is 0.970 bits per heavy atom. The molecule has 1 amide bonds. The summed E-state index contributed by atoms with van der Waals surface area (Å²) in [6.07, 6.45) is 3.16. The molecule has 33 heavy (non-hydrogen) atoms. The van der Waals surface area contributed by atoms with Crippen molar-refractivity contribution in [2.75, 3.05) is 19.7 Å². The van der Waals surface area contributed by atoms with Crippen LogP contribution in [-0.2, 0) is 19.5 Å². The second-order valence-corrected chi connectivity index (χ2v) is 8.83. The Balaban J connectivity index is 1.11. The number of likely N-dealkylation sites (tertiary alicyclic amines) is 1. The monoisotopic (exact) mass is 442 g/mol. The highest BCUT2D eigenvalue weighted by Crippen LogP contribution is 2.27. The Morgan fingerprint density at radius 2 is 1.82 bits per heavy atom. The number of hydrogen-bond donors (Lipinski definition) is 1. The van der Waals surface area contributed by atoms with Crippen LogP contribution in [0.3, 0.4) is 0 Å². The summed E-state index contributed by atoms with van der Waals surface area (Å²) >= 11 is 0. The molecule has 1 fully saturated rings. The van der Waals surface area contributed by atoms with E-state index in [1.54, 1.807) is 0 Å². The first-order valence-corrected chi connectivity index (χ1v) is 11.8. The van der Waals surface area contributed by atoms with E-state index in [0.717, 1.165) is 62.6 Å². The number of benzene rings is 3. The molecule has 5 rings (SSSR count). The van der Waals surface area contributed by atoms with Gasteiger partial charge in [0.15, 0.2) is 0 Å². The van der Waals surface area contributed by atoms with Crippen molar-refractivity contribution in [2.24, 2.45) is 0 Å². The highest BCUT2D eigenvalue weighted by Gasteiger charge is 2.22. The van der Waals surface area contributed by atoms with Crippen LogP contribution in [0.1, 0.15) is 39.9 Å². The fourth-order valence-corrected chi connectivity index (χ4v) is 4.57. The molecule has 5 nitrogen and oxygen atoms in total. The van der Waals surface area contributed by atoms with Crippen LogP contribution in [-0.4, -0.2) is 36.6 Å². The molecular formula is C28H30N2O3. The molecule has 0 aliphatic carbocycles. The molecule has 0 spiro atoms. The first-order chi connectivity index (χ1) is 16.2. The molecule has 2 heterocycles. The second-order valence-electron chi connectivity index (χ2n) is 8.83. The Hall–Kier alpha value is -3.31. The summed E-state index contributed by atoms with van der Waals surface area (Å²) in [4.78, 5) is 15.1. The lowest BCUT2D eigenvalue weighted by Crippen LogP contribution is -2.37. The first-order valence-electron chi connectivity index (χ1n) is 11.8. The highest BCUT2D eigenvalue weighted by molar-refractivity contribution is 5.94. The van der Waals surface area contributed by atoms with Gasteiger partial charge in [0.1, 0.15) is 17.6 Å². The van der Waals surface area contributed by atoms with E-state index in [1.165, 1.54) is 11.1 Å². The summed E-state index contributed by atoms with van der Waals surface area (Å²) in [5, 5.41) is 2.98. The van der Waals surface area contributed by atoms with Crippen LogP contribution in [0.2, 0.25) is 0 Å². The maximum absolute atomic E-state index is 12.6. The van der Waals surface area contributed by atoms with Gasteiger partial charge >= 0.3 is 0 Å². The standard InChI is InChI=1S/C28H30N2O3/c31-28(29-19-21-5-2-1-3-6-21)24-7-4-8-26(18-24)33-25-11-14-30(15-12-25)20-22-9-10-27-23(17-22)13-16-32-27/h1-10,17-18,25H,11-16,19-20H2,(H,29,31). The molecule has 0 radical (unpaired) electrons. The van der Waals surface area contributed by atoms with E-state index in [-0.39, 0.29) is 12.0 Å². The molecule has 170 valence electrons. The smallest absolute Gasteiger partial charge is 0.251 e. The lowest BCUT2D eigenvalue weighted by Gasteiger charge is -2.32. The third kappa shape index (κ3) is 5.55. The van der Waals surface area contributed by atoms with Gasteiger partial charge in [-0.1, -0.05) is 48.5 Å². The summed E-state index contributed by atoms with van der Waals surface area (Å²) in [7, 11) is 0. The van der Waals surface area contributed by atoms with Gasteiger partial charge in [-0.05, 0) is 53.8 Å². The van der Waals surface area contributed by atoms with Gasteiger partial charge in [0, 0.05) is 38.2 Å². The molecule has 0 atom stereocenters. The minimum absolute atomic E-state index is 0.0844. The van der Waals surface area contributed by atoms with Gasteiger partial charge in [-0.25, -0.2) is 0 Å². The van der Waals surface area contributed by atoms with Gasteiger partial charge in [0.05, 0.1) is 6.61 Å². The minimum atomic E-state index is -0.0844. The number of amides is 1. The van der Waals surface area contributed by atoms with Crippen molar-refractivity contribution in [1.29, 1.82) is 0 Å². The lowest BCUT2D eigenvalue weighted by atomic mass is 10.0. The van der Waals surface area contributed by atoms with E-state index in [9.17, 15) is 4.79 Å². The molecule has 2 aliphatic heterocycles. The number of rotatable bonds is 7. The number of carbonyl (C=O) groups is 1. The van der Waals surface area contributed by atoms with E-state index >= 15 is 0 Å². The molecule has 1 N–H and O–H groups in total. The van der Waals surface area contributed by atoms with Crippen LogP contribution >= 0.6 is 0 Å². The number of hydrogen-bond acceptors (Lipinski definition) is 4. The van der Waals surface area contributed by atoms with E-state index in [4.69, 9.17) is 9.47 Å². The number of fused-ring (bicyclic) bond motifs is 1. The normalized spacial score (nSPS) is 16.1. The van der Waals surface area contributed by atoms with Crippen molar-refractivity contribution in [2.45, 2.75) is 38.5 Å². The number of nitrogens with zero attached hydrogens (tertiary/aromatic N) is 1. The predicted octanol–water partition coefficient (Wildman–Crippen LogP) is 4.59. The first kappa shape index (κ1) is 21.5. The zero-order chi connectivity index (χ0) is 22.5. The van der Waals surface area contributed by atoms with E-state index in [0.29, 0.717) is 12.1 Å². The number of piperidine rings is 1. The van der Waals surface area contributed by atoms with Crippen LogP contribution in [0.15, 0.2) is 72.8 Å². The van der Waals surface area contributed by atoms with Gasteiger partial charge in [0.25, 0.3) is 5.91 Å². The molecule has 3 aromatic carbocycles. The molecule has 0 aromatic heterocycles. The van der Waals surface area contributed by atoms with Gasteiger partial charge in [-0.2, -0.15) is 0 Å². The molecule has 2 aliphatic rings. The van der Waals surface area contributed by atoms with Crippen LogP contribution in [0, 0.1) is 0 Å². The molecule has 5 heteroatoms. The highest BCUT2D eigenvalue weighted by atomic mass is 16.5.